The lowest BCUT2D eigenvalue weighted by Crippen LogP contribution is -2.50. The first-order chi connectivity index (χ1) is 11.8. The van der Waals surface area contributed by atoms with E-state index in [1.807, 2.05) is 5.38 Å². The zero-order valence-corrected chi connectivity index (χ0v) is 14.2. The number of pyridine rings is 1. The highest BCUT2D eigenvalue weighted by Gasteiger charge is 2.28. The molecule has 2 atom stereocenters. The largest absolute Gasteiger partial charge is 0.379 e. The first kappa shape index (κ1) is 16.8. The molecule has 0 aliphatic carbocycles. The molecule has 0 aromatic carbocycles. The van der Waals surface area contributed by atoms with Gasteiger partial charge in [-0.25, -0.2) is 9.97 Å². The van der Waals surface area contributed by atoms with Crippen molar-refractivity contribution in [1.29, 1.82) is 0 Å². The second-order valence-corrected chi connectivity index (χ2v) is 6.17. The number of ether oxygens (including phenoxy) is 2. The molecule has 0 radical (unpaired) electrons. The summed E-state index contributed by atoms with van der Waals surface area (Å²) in [5.74, 6) is 0.491. The van der Waals surface area contributed by atoms with Crippen LogP contribution in [0, 0.1) is 0 Å². The quantitative estimate of drug-likeness (QED) is 0.826. The minimum absolute atomic E-state index is 0.0880. The van der Waals surface area contributed by atoms with E-state index in [-0.39, 0.29) is 18.1 Å². The summed E-state index contributed by atoms with van der Waals surface area (Å²) in [4.78, 5) is 20.8. The van der Waals surface area contributed by atoms with E-state index >= 15 is 0 Å². The topological polar surface area (TPSA) is 85.4 Å². The van der Waals surface area contributed by atoms with Gasteiger partial charge in [-0.2, -0.15) is 0 Å². The minimum Gasteiger partial charge on any atom is -0.379 e. The molecule has 0 bridgehead atoms. The highest BCUT2D eigenvalue weighted by atomic mass is 32.1. The van der Waals surface area contributed by atoms with E-state index in [1.54, 1.807) is 42.2 Å². The molecule has 1 fully saturated rings. The zero-order chi connectivity index (χ0) is 16.8. The Kier molecular flexibility index (Phi) is 5.73. The molecule has 1 aliphatic heterocycles. The molecule has 2 N–H and O–H groups in total. The van der Waals surface area contributed by atoms with Gasteiger partial charge in [-0.15, -0.1) is 11.3 Å². The summed E-state index contributed by atoms with van der Waals surface area (Å²) in [5, 5.41) is 7.89. The summed E-state index contributed by atoms with van der Waals surface area (Å²) in [6, 6.07) is 3.21. The summed E-state index contributed by atoms with van der Waals surface area (Å²) in [6.45, 7) is 1.52. The van der Waals surface area contributed by atoms with Crippen LogP contribution in [-0.4, -0.2) is 48.3 Å². The molecule has 7 nitrogen and oxygen atoms in total. The summed E-state index contributed by atoms with van der Waals surface area (Å²) >= 11 is 1.54. The van der Waals surface area contributed by atoms with Gasteiger partial charge in [0.05, 0.1) is 36.6 Å². The summed E-state index contributed by atoms with van der Waals surface area (Å²) in [6.07, 6.45) is 2.26. The fraction of sp³-hybridized carbons (Fsp3) is 0.438. The lowest BCUT2D eigenvalue weighted by molar-refractivity contribution is -0.0611. The minimum atomic E-state index is -0.184. The van der Waals surface area contributed by atoms with Crippen LogP contribution in [0.15, 0.2) is 29.2 Å². The first-order valence-corrected chi connectivity index (χ1v) is 8.71. The second kappa shape index (κ2) is 8.18. The number of hydrogen-bond acceptors (Lipinski definition) is 7. The third-order valence-electron chi connectivity index (χ3n) is 3.82. The Hall–Kier alpha value is -2.03. The van der Waals surface area contributed by atoms with E-state index in [1.165, 1.54) is 0 Å². The third kappa shape index (κ3) is 4.28. The highest BCUT2D eigenvalue weighted by molar-refractivity contribution is 7.07. The van der Waals surface area contributed by atoms with Crippen molar-refractivity contribution in [2.45, 2.75) is 25.2 Å². The van der Waals surface area contributed by atoms with Crippen molar-refractivity contribution in [2.75, 3.05) is 25.6 Å². The van der Waals surface area contributed by atoms with Gasteiger partial charge in [0.1, 0.15) is 5.82 Å². The van der Waals surface area contributed by atoms with Crippen molar-refractivity contribution in [1.82, 2.24) is 15.3 Å². The number of nitrogens with one attached hydrogen (secondary N) is 2. The maximum absolute atomic E-state index is 12.5. The summed E-state index contributed by atoms with van der Waals surface area (Å²) in [7, 11) is 1.77. The maximum atomic E-state index is 12.5. The number of carbonyl (C=O) groups is 1. The standard InChI is InChI=1S/C16H20N4O3S/c1-17-15-6-11(2-4-18-15)16(21)20-13-8-22-5-3-14(13)23-7-12-9-24-10-19-12/h2,4,6,9-10,13-14H,3,5,7-8H2,1H3,(H,17,18)(H,20,21)/t13-,14+/m1/s1. The first-order valence-electron chi connectivity index (χ1n) is 7.77. The van der Waals surface area contributed by atoms with Gasteiger partial charge in [-0.3, -0.25) is 4.79 Å². The smallest absolute Gasteiger partial charge is 0.251 e. The van der Waals surface area contributed by atoms with Crippen LogP contribution in [0.4, 0.5) is 5.82 Å². The SMILES string of the molecule is CNc1cc(C(=O)N[C@@H]2COCC[C@@H]2OCc2cscn2)ccn1. The molecule has 3 heterocycles. The van der Waals surface area contributed by atoms with Crippen molar-refractivity contribution in [3.63, 3.8) is 0 Å². The van der Waals surface area contributed by atoms with Gasteiger partial charge >= 0.3 is 0 Å². The highest BCUT2D eigenvalue weighted by Crippen LogP contribution is 2.16. The number of anilines is 1. The monoisotopic (exact) mass is 348 g/mol. The fourth-order valence-electron chi connectivity index (χ4n) is 2.51. The van der Waals surface area contributed by atoms with Crippen LogP contribution in [0.2, 0.25) is 0 Å². The van der Waals surface area contributed by atoms with E-state index in [9.17, 15) is 4.79 Å². The van der Waals surface area contributed by atoms with E-state index in [0.29, 0.717) is 31.2 Å². The van der Waals surface area contributed by atoms with Crippen molar-refractivity contribution < 1.29 is 14.3 Å². The van der Waals surface area contributed by atoms with E-state index in [2.05, 4.69) is 20.6 Å². The Morgan fingerprint density at radius 2 is 2.42 bits per heavy atom. The molecule has 1 aliphatic rings. The Morgan fingerprint density at radius 1 is 1.50 bits per heavy atom. The van der Waals surface area contributed by atoms with Gasteiger partial charge in [0.15, 0.2) is 0 Å². The normalized spacial score (nSPS) is 20.5. The van der Waals surface area contributed by atoms with Crippen LogP contribution in [0.5, 0.6) is 0 Å². The molecule has 0 saturated carbocycles. The van der Waals surface area contributed by atoms with Crippen LogP contribution in [0.1, 0.15) is 22.5 Å². The maximum Gasteiger partial charge on any atom is 0.251 e. The Balaban J connectivity index is 1.61. The molecule has 1 saturated heterocycles. The fourth-order valence-corrected chi connectivity index (χ4v) is 3.06. The Labute approximate surface area is 144 Å². The molecule has 1 amide bonds. The lowest BCUT2D eigenvalue weighted by atomic mass is 10.1. The number of aromatic nitrogens is 2. The van der Waals surface area contributed by atoms with Gasteiger partial charge in [0.2, 0.25) is 0 Å². The van der Waals surface area contributed by atoms with Crippen molar-refractivity contribution >= 4 is 23.1 Å². The number of nitrogens with zero attached hydrogens (tertiary/aromatic N) is 2. The summed E-state index contributed by atoms with van der Waals surface area (Å²) in [5.41, 5.74) is 3.24. The predicted molar refractivity (Wildman–Crippen MR) is 91.2 cm³/mol. The molecule has 24 heavy (non-hydrogen) atoms. The van der Waals surface area contributed by atoms with Crippen LogP contribution >= 0.6 is 11.3 Å². The zero-order valence-electron chi connectivity index (χ0n) is 13.4. The lowest BCUT2D eigenvalue weighted by Gasteiger charge is -2.32. The third-order valence-corrected chi connectivity index (χ3v) is 4.45. The van der Waals surface area contributed by atoms with Crippen LogP contribution in [-0.2, 0) is 16.1 Å². The molecule has 8 heteroatoms. The number of carbonyl (C=O) groups excluding carboxylic acids is 1. The molecule has 128 valence electrons. The van der Waals surface area contributed by atoms with E-state index in [4.69, 9.17) is 9.47 Å². The molecular formula is C16H20N4O3S. The van der Waals surface area contributed by atoms with Gasteiger partial charge in [-0.05, 0) is 18.6 Å². The average Bonchev–Trinajstić information content (AvgIpc) is 3.14. The van der Waals surface area contributed by atoms with Crippen LogP contribution in [0.25, 0.3) is 0 Å². The Bertz CT molecular complexity index is 665. The van der Waals surface area contributed by atoms with Gasteiger partial charge in [0.25, 0.3) is 5.91 Å². The Morgan fingerprint density at radius 3 is 3.21 bits per heavy atom. The van der Waals surface area contributed by atoms with Gasteiger partial charge in [0, 0.05) is 30.8 Å². The number of amides is 1. The van der Waals surface area contributed by atoms with E-state index in [0.717, 1.165) is 12.1 Å². The average molecular weight is 348 g/mol. The molecule has 0 spiro atoms. The molecule has 2 aromatic heterocycles. The second-order valence-electron chi connectivity index (χ2n) is 5.45. The molecule has 3 rings (SSSR count). The number of hydrogen-bond donors (Lipinski definition) is 2. The van der Waals surface area contributed by atoms with E-state index < -0.39 is 0 Å². The van der Waals surface area contributed by atoms with Gasteiger partial charge < -0.3 is 20.1 Å². The number of rotatable bonds is 6. The predicted octanol–water partition coefficient (Wildman–Crippen LogP) is 1.68. The van der Waals surface area contributed by atoms with Crippen molar-refractivity contribution in [3.8, 4) is 0 Å². The van der Waals surface area contributed by atoms with Crippen LogP contribution in [0.3, 0.4) is 0 Å². The van der Waals surface area contributed by atoms with Crippen molar-refractivity contribution in [3.05, 3.63) is 40.5 Å². The molecular weight excluding hydrogens is 328 g/mol. The van der Waals surface area contributed by atoms with Gasteiger partial charge in [-0.1, -0.05) is 0 Å². The molecule has 2 aromatic rings. The van der Waals surface area contributed by atoms with Crippen molar-refractivity contribution in [2.24, 2.45) is 0 Å². The molecule has 0 unspecified atom stereocenters. The number of thiazole rings is 1. The van der Waals surface area contributed by atoms with Crippen LogP contribution < -0.4 is 10.6 Å². The summed E-state index contributed by atoms with van der Waals surface area (Å²) < 4.78 is 11.4.